The fraction of sp³-hybridized carbons (Fsp3) is 0.920. The van der Waals surface area contributed by atoms with Crippen molar-refractivity contribution < 1.29 is 22.4 Å². The van der Waals surface area contributed by atoms with Gasteiger partial charge in [0.05, 0.1) is 11.2 Å². The lowest BCUT2D eigenvalue weighted by molar-refractivity contribution is -0.142. The summed E-state index contributed by atoms with van der Waals surface area (Å²) < 4.78 is 39.2. The van der Waals surface area contributed by atoms with Crippen molar-refractivity contribution in [1.29, 1.82) is 0 Å². The summed E-state index contributed by atoms with van der Waals surface area (Å²) in [7, 11) is -3.00. The first-order chi connectivity index (χ1) is 15.7. The number of hydrogen-bond acceptors (Lipinski definition) is 4. The minimum Gasteiger partial charge on any atom is -0.353 e. The van der Waals surface area contributed by atoms with Gasteiger partial charge in [-0.1, -0.05) is 26.2 Å². The maximum atomic E-state index is 15.1. The molecule has 0 saturated heterocycles. The first-order valence-corrected chi connectivity index (χ1v) is 14.9. The summed E-state index contributed by atoms with van der Waals surface area (Å²) in [6.45, 7) is 4.30. The van der Waals surface area contributed by atoms with Gasteiger partial charge in [-0.2, -0.15) is 0 Å². The predicted octanol–water partition coefficient (Wildman–Crippen LogP) is 4.17. The molecule has 0 aliphatic heterocycles. The third-order valence-corrected chi connectivity index (χ3v) is 10.6. The van der Waals surface area contributed by atoms with Crippen LogP contribution in [0.2, 0.25) is 0 Å². The van der Waals surface area contributed by atoms with Crippen molar-refractivity contribution in [3.8, 4) is 0 Å². The number of halogens is 1. The second-order valence-corrected chi connectivity index (χ2v) is 13.0. The Balaban J connectivity index is 1.43. The van der Waals surface area contributed by atoms with Crippen molar-refractivity contribution >= 4 is 21.7 Å². The summed E-state index contributed by atoms with van der Waals surface area (Å²) >= 11 is 0. The summed E-state index contributed by atoms with van der Waals surface area (Å²) in [5.74, 6) is -0.330. The third-order valence-electron chi connectivity index (χ3n) is 8.27. The van der Waals surface area contributed by atoms with E-state index in [1.165, 1.54) is 6.42 Å². The van der Waals surface area contributed by atoms with Crippen LogP contribution < -0.4 is 5.32 Å². The van der Waals surface area contributed by atoms with E-state index in [1.54, 1.807) is 6.92 Å². The van der Waals surface area contributed by atoms with E-state index in [1.807, 2.05) is 11.8 Å². The van der Waals surface area contributed by atoms with Gasteiger partial charge in [0, 0.05) is 30.8 Å². The minimum absolute atomic E-state index is 0.0412. The summed E-state index contributed by atoms with van der Waals surface area (Å²) in [5, 5.41) is 2.73. The highest BCUT2D eigenvalue weighted by Crippen LogP contribution is 2.33. The monoisotopic (exact) mass is 486 g/mol. The Hall–Kier alpha value is -1.18. The topological polar surface area (TPSA) is 83.6 Å². The van der Waals surface area contributed by atoms with E-state index in [0.29, 0.717) is 38.6 Å². The molecule has 1 N–H and O–H groups in total. The molecule has 0 aromatic heterocycles. The Morgan fingerprint density at radius 1 is 0.939 bits per heavy atom. The van der Waals surface area contributed by atoms with Crippen LogP contribution >= 0.6 is 0 Å². The average Bonchev–Trinajstić information content (AvgIpc) is 2.80. The first-order valence-electron chi connectivity index (χ1n) is 13.2. The molecule has 0 aromatic carbocycles. The molecule has 3 aliphatic rings. The van der Waals surface area contributed by atoms with E-state index in [0.717, 1.165) is 38.5 Å². The Bertz CT molecular complexity index is 760. The standard InChI is InChI=1S/C25H43FN2O4S/c1-3-28(20-8-6-5-7-9-20)25(30)22-15-12-19(17-23(22)26)27-24(29)16-18-10-13-21(14-11-18)33(31,32)4-2/h18-23H,3-17H2,1-2H3,(H,27,29). The molecule has 190 valence electrons. The number of nitrogens with zero attached hydrogens (tertiary/aromatic N) is 1. The lowest BCUT2D eigenvalue weighted by Gasteiger charge is -2.39. The summed E-state index contributed by atoms with van der Waals surface area (Å²) in [6.07, 6.45) is 8.77. The van der Waals surface area contributed by atoms with E-state index < -0.39 is 21.9 Å². The van der Waals surface area contributed by atoms with Crippen molar-refractivity contribution in [1.82, 2.24) is 10.2 Å². The first kappa shape index (κ1) is 26.4. The number of alkyl halides is 1. The molecule has 33 heavy (non-hydrogen) atoms. The quantitative estimate of drug-likeness (QED) is 0.558. The van der Waals surface area contributed by atoms with Crippen LogP contribution in [-0.4, -0.2) is 60.9 Å². The molecule has 3 aliphatic carbocycles. The van der Waals surface area contributed by atoms with Gasteiger partial charge in [-0.15, -0.1) is 0 Å². The van der Waals surface area contributed by atoms with Crippen LogP contribution in [0, 0.1) is 11.8 Å². The van der Waals surface area contributed by atoms with Crippen LogP contribution in [0.3, 0.4) is 0 Å². The fourth-order valence-corrected chi connectivity index (χ4v) is 7.67. The maximum absolute atomic E-state index is 15.1. The van der Waals surface area contributed by atoms with Crippen LogP contribution in [0.15, 0.2) is 0 Å². The molecule has 3 saturated carbocycles. The van der Waals surface area contributed by atoms with Gasteiger partial charge in [-0.05, 0) is 70.6 Å². The molecule has 0 radical (unpaired) electrons. The average molecular weight is 487 g/mol. The second kappa shape index (κ2) is 12.0. The molecule has 3 atom stereocenters. The van der Waals surface area contributed by atoms with Crippen molar-refractivity contribution in [3.05, 3.63) is 0 Å². The van der Waals surface area contributed by atoms with Gasteiger partial charge < -0.3 is 10.2 Å². The van der Waals surface area contributed by atoms with E-state index >= 15 is 4.39 Å². The molecule has 3 unspecified atom stereocenters. The maximum Gasteiger partial charge on any atom is 0.228 e. The SMILES string of the molecule is CCN(C(=O)C1CCC(NC(=O)CC2CCC(S(=O)(=O)CC)CC2)CC1F)C1CCCCC1. The molecule has 8 heteroatoms. The van der Waals surface area contributed by atoms with Gasteiger partial charge in [0.25, 0.3) is 0 Å². The lowest BCUT2D eigenvalue weighted by Crippen LogP contribution is -2.50. The third kappa shape index (κ3) is 6.92. The second-order valence-electron chi connectivity index (χ2n) is 10.4. The van der Waals surface area contributed by atoms with Gasteiger partial charge >= 0.3 is 0 Å². The summed E-state index contributed by atoms with van der Waals surface area (Å²) in [4.78, 5) is 27.6. The molecule has 3 rings (SSSR count). The highest BCUT2D eigenvalue weighted by atomic mass is 32.2. The number of carbonyl (C=O) groups is 2. The number of nitrogens with one attached hydrogen (secondary N) is 1. The zero-order chi connectivity index (χ0) is 24.0. The Morgan fingerprint density at radius 2 is 1.61 bits per heavy atom. The Kier molecular flexibility index (Phi) is 9.60. The van der Waals surface area contributed by atoms with Crippen molar-refractivity contribution in [2.75, 3.05) is 12.3 Å². The molecule has 2 amide bonds. The van der Waals surface area contributed by atoms with Crippen molar-refractivity contribution in [3.63, 3.8) is 0 Å². The van der Waals surface area contributed by atoms with E-state index in [4.69, 9.17) is 0 Å². The Labute approximate surface area is 199 Å². The number of hydrogen-bond donors (Lipinski definition) is 1. The lowest BCUT2D eigenvalue weighted by atomic mass is 9.82. The van der Waals surface area contributed by atoms with Crippen molar-refractivity contribution in [2.45, 2.75) is 121 Å². The van der Waals surface area contributed by atoms with Gasteiger partial charge in [-0.3, -0.25) is 9.59 Å². The number of sulfone groups is 1. The van der Waals surface area contributed by atoms with E-state index in [2.05, 4.69) is 5.32 Å². The number of carbonyl (C=O) groups excluding carboxylic acids is 2. The van der Waals surface area contributed by atoms with Crippen LogP contribution in [0.5, 0.6) is 0 Å². The minimum atomic E-state index is -3.00. The summed E-state index contributed by atoms with van der Waals surface area (Å²) in [5.41, 5.74) is 0. The number of rotatable bonds is 8. The zero-order valence-electron chi connectivity index (χ0n) is 20.4. The molecule has 3 fully saturated rings. The Morgan fingerprint density at radius 3 is 2.18 bits per heavy atom. The van der Waals surface area contributed by atoms with Crippen molar-refractivity contribution in [2.24, 2.45) is 11.8 Å². The van der Waals surface area contributed by atoms with Gasteiger partial charge in [0.2, 0.25) is 11.8 Å². The molecule has 0 heterocycles. The molecular formula is C25H43FN2O4S. The van der Waals surface area contributed by atoms with Crippen LogP contribution in [0.1, 0.15) is 97.3 Å². The highest BCUT2D eigenvalue weighted by molar-refractivity contribution is 7.92. The smallest absolute Gasteiger partial charge is 0.228 e. The number of amides is 2. The van der Waals surface area contributed by atoms with E-state index in [9.17, 15) is 18.0 Å². The summed E-state index contributed by atoms with van der Waals surface area (Å²) in [6, 6.07) is 0.0291. The molecule has 0 aromatic rings. The van der Waals surface area contributed by atoms with Crippen LogP contribution in [0.25, 0.3) is 0 Å². The molecule has 0 bridgehead atoms. The molecule has 0 spiro atoms. The predicted molar refractivity (Wildman–Crippen MR) is 128 cm³/mol. The normalized spacial score (nSPS) is 31.7. The van der Waals surface area contributed by atoms with E-state index in [-0.39, 0.29) is 47.2 Å². The van der Waals surface area contributed by atoms with Crippen LogP contribution in [-0.2, 0) is 19.4 Å². The van der Waals surface area contributed by atoms with Gasteiger partial charge in [0.15, 0.2) is 9.84 Å². The van der Waals surface area contributed by atoms with Gasteiger partial charge in [-0.25, -0.2) is 12.8 Å². The molecular weight excluding hydrogens is 443 g/mol. The molecule has 6 nitrogen and oxygen atoms in total. The largest absolute Gasteiger partial charge is 0.353 e. The zero-order valence-corrected chi connectivity index (χ0v) is 21.3. The van der Waals surface area contributed by atoms with Gasteiger partial charge in [0.1, 0.15) is 6.17 Å². The fourth-order valence-electron chi connectivity index (χ4n) is 6.20. The van der Waals surface area contributed by atoms with Crippen LogP contribution in [0.4, 0.5) is 4.39 Å². The highest BCUT2D eigenvalue weighted by Gasteiger charge is 2.39.